The molecule has 0 saturated carbocycles. The zero-order valence-corrected chi connectivity index (χ0v) is 18.6. The average Bonchev–Trinajstić information content (AvgIpc) is 3.43. The fraction of sp³-hybridized carbons (Fsp3) is 0.100. The van der Waals surface area contributed by atoms with Gasteiger partial charge < -0.3 is 10.5 Å². The van der Waals surface area contributed by atoms with Crippen LogP contribution in [-0.2, 0) is 0 Å². The van der Waals surface area contributed by atoms with E-state index in [1.54, 1.807) is 42.5 Å². The van der Waals surface area contributed by atoms with Crippen molar-refractivity contribution in [3.63, 3.8) is 0 Å². The molecule has 0 radical (unpaired) electrons. The summed E-state index contributed by atoms with van der Waals surface area (Å²) in [5, 5.41) is 20.0. The summed E-state index contributed by atoms with van der Waals surface area (Å²) in [4.78, 5) is 12.9. The Bertz CT molecular complexity index is 1320. The number of amides is 1. The molecule has 2 heterocycles. The molecule has 0 fully saturated rings. The third kappa shape index (κ3) is 4.78. The van der Waals surface area contributed by atoms with Gasteiger partial charge in [-0.1, -0.05) is 34.5 Å². The minimum absolute atomic E-state index is 0.0170. The monoisotopic (exact) mass is 486 g/mol. The molecule has 0 bridgehead atoms. The molecule has 168 valence electrons. The summed E-state index contributed by atoms with van der Waals surface area (Å²) in [6.45, 7) is 2.40. The number of carbonyl (C=O) groups excluding carboxylic acids is 1. The summed E-state index contributed by atoms with van der Waals surface area (Å²) in [6.07, 6.45) is 1.42. The number of carbonyl (C=O) groups is 1. The first kappa shape index (κ1) is 22.2. The fourth-order valence-corrected chi connectivity index (χ4v) is 3.17. The second kappa shape index (κ2) is 9.67. The number of benzene rings is 2. The van der Waals surface area contributed by atoms with Gasteiger partial charge in [0.05, 0.1) is 22.9 Å². The second-order valence-corrected chi connectivity index (χ2v) is 7.32. The molecule has 0 aliphatic carbocycles. The smallest absolute Gasteiger partial charge is 0.294 e. The maximum Gasteiger partial charge on any atom is 0.294 e. The Morgan fingerprint density at radius 1 is 1.21 bits per heavy atom. The van der Waals surface area contributed by atoms with Gasteiger partial charge in [0.25, 0.3) is 5.91 Å². The molecule has 0 aliphatic heterocycles. The number of hydrogen-bond donors (Lipinski definition) is 2. The Hall–Kier alpha value is -3.96. The topological polar surface area (TPSA) is 146 Å². The van der Waals surface area contributed by atoms with Gasteiger partial charge in [-0.15, -0.1) is 5.10 Å². The third-order valence-electron chi connectivity index (χ3n) is 4.34. The van der Waals surface area contributed by atoms with Crippen LogP contribution in [0.5, 0.6) is 5.75 Å². The fourth-order valence-electron chi connectivity index (χ4n) is 2.87. The maximum atomic E-state index is 12.9. The van der Waals surface area contributed by atoms with Crippen LogP contribution in [0.2, 0.25) is 10.0 Å². The van der Waals surface area contributed by atoms with E-state index in [1.165, 1.54) is 10.9 Å². The summed E-state index contributed by atoms with van der Waals surface area (Å²) in [6, 6.07) is 11.9. The van der Waals surface area contributed by atoms with Crippen molar-refractivity contribution < 1.29 is 14.2 Å². The van der Waals surface area contributed by atoms with Crippen molar-refractivity contribution in [1.29, 1.82) is 0 Å². The van der Waals surface area contributed by atoms with Crippen LogP contribution in [0.4, 0.5) is 5.82 Å². The van der Waals surface area contributed by atoms with Crippen molar-refractivity contribution in [1.82, 2.24) is 30.7 Å². The predicted octanol–water partition coefficient (Wildman–Crippen LogP) is 3.37. The number of aromatic nitrogens is 5. The summed E-state index contributed by atoms with van der Waals surface area (Å²) >= 11 is 11.9. The van der Waals surface area contributed by atoms with Gasteiger partial charge in [-0.25, -0.2) is 10.1 Å². The van der Waals surface area contributed by atoms with Crippen LogP contribution in [0.25, 0.3) is 17.1 Å². The maximum absolute atomic E-state index is 12.9. The molecule has 0 atom stereocenters. The summed E-state index contributed by atoms with van der Waals surface area (Å²) < 4.78 is 11.4. The molecule has 0 unspecified atom stereocenters. The van der Waals surface area contributed by atoms with Crippen molar-refractivity contribution in [2.45, 2.75) is 6.92 Å². The largest absolute Gasteiger partial charge is 0.494 e. The van der Waals surface area contributed by atoms with Gasteiger partial charge in [0, 0.05) is 5.56 Å². The molecule has 2 aromatic carbocycles. The Labute approximate surface area is 197 Å². The lowest BCUT2D eigenvalue weighted by Gasteiger charge is -2.07. The van der Waals surface area contributed by atoms with E-state index in [0.29, 0.717) is 39.2 Å². The number of nitrogen functional groups attached to an aromatic ring is 1. The van der Waals surface area contributed by atoms with Crippen LogP contribution in [0, 0.1) is 0 Å². The number of hydrogen-bond acceptors (Lipinski definition) is 9. The first-order chi connectivity index (χ1) is 16.0. The summed E-state index contributed by atoms with van der Waals surface area (Å²) in [7, 11) is 0. The summed E-state index contributed by atoms with van der Waals surface area (Å²) in [5.74, 6) is 0.123. The molecular weight excluding hydrogens is 471 g/mol. The molecule has 0 spiro atoms. The van der Waals surface area contributed by atoms with E-state index < -0.39 is 5.91 Å². The Morgan fingerprint density at radius 2 is 2.00 bits per heavy atom. The molecule has 1 amide bonds. The molecule has 2 aromatic heterocycles. The molecule has 4 rings (SSSR count). The number of nitrogens with one attached hydrogen (secondary N) is 1. The normalized spacial score (nSPS) is 11.1. The van der Waals surface area contributed by atoms with E-state index in [-0.39, 0.29) is 17.3 Å². The lowest BCUT2D eigenvalue weighted by Crippen LogP contribution is -2.19. The van der Waals surface area contributed by atoms with Gasteiger partial charge in [-0.3, -0.25) is 4.79 Å². The molecule has 0 saturated heterocycles. The van der Waals surface area contributed by atoms with Gasteiger partial charge >= 0.3 is 0 Å². The number of hydrazone groups is 1. The standard InChI is InChI=1S/C20H16Cl2N8O3/c1-2-32-13-6-4-12(5-7-13)17-16(25-29-30(17)19-18(23)27-33-28-19)20(31)26-24-10-11-3-8-14(21)15(22)9-11/h3-10H,2H2,1H3,(H2,23,27)(H,26,31)/b24-10-. The van der Waals surface area contributed by atoms with Gasteiger partial charge in [-0.05, 0) is 59.2 Å². The van der Waals surface area contributed by atoms with Crippen LogP contribution >= 0.6 is 23.2 Å². The zero-order chi connectivity index (χ0) is 23.4. The van der Waals surface area contributed by atoms with Crippen molar-refractivity contribution in [3.8, 4) is 22.8 Å². The highest BCUT2D eigenvalue weighted by Gasteiger charge is 2.25. The Morgan fingerprint density at radius 3 is 2.67 bits per heavy atom. The summed E-state index contributed by atoms with van der Waals surface area (Å²) in [5.41, 5.74) is 9.76. The van der Waals surface area contributed by atoms with Crippen molar-refractivity contribution in [3.05, 3.63) is 63.8 Å². The highest BCUT2D eigenvalue weighted by atomic mass is 35.5. The van der Waals surface area contributed by atoms with Crippen LogP contribution in [0.3, 0.4) is 0 Å². The minimum Gasteiger partial charge on any atom is -0.494 e. The van der Waals surface area contributed by atoms with Crippen LogP contribution < -0.4 is 15.9 Å². The SMILES string of the molecule is CCOc1ccc(-c2c(C(=O)N/N=C\c3ccc(Cl)c(Cl)c3)nnn2-c2nonc2N)cc1. The Kier molecular flexibility index (Phi) is 6.52. The number of halogens is 2. The van der Waals surface area contributed by atoms with E-state index in [4.69, 9.17) is 33.7 Å². The van der Waals surface area contributed by atoms with E-state index in [1.807, 2.05) is 6.92 Å². The molecule has 13 heteroatoms. The van der Waals surface area contributed by atoms with Gasteiger partial charge in [0.1, 0.15) is 11.4 Å². The highest BCUT2D eigenvalue weighted by molar-refractivity contribution is 6.42. The number of nitrogens with zero attached hydrogens (tertiary/aromatic N) is 6. The molecule has 33 heavy (non-hydrogen) atoms. The molecule has 0 aliphatic rings. The van der Waals surface area contributed by atoms with Gasteiger partial charge in [0.2, 0.25) is 11.6 Å². The van der Waals surface area contributed by atoms with E-state index in [2.05, 4.69) is 35.8 Å². The molecule has 4 aromatic rings. The third-order valence-corrected chi connectivity index (χ3v) is 5.08. The number of ether oxygens (including phenoxy) is 1. The van der Waals surface area contributed by atoms with E-state index in [9.17, 15) is 4.79 Å². The highest BCUT2D eigenvalue weighted by Crippen LogP contribution is 2.28. The van der Waals surface area contributed by atoms with Gasteiger partial charge in [-0.2, -0.15) is 9.78 Å². The second-order valence-electron chi connectivity index (χ2n) is 6.50. The average molecular weight is 487 g/mol. The number of nitrogens with two attached hydrogens (primary N) is 1. The van der Waals surface area contributed by atoms with Crippen molar-refractivity contribution in [2.24, 2.45) is 5.10 Å². The molecule has 11 nitrogen and oxygen atoms in total. The quantitative estimate of drug-likeness (QED) is 0.298. The first-order valence-corrected chi connectivity index (χ1v) is 10.3. The number of anilines is 1. The minimum atomic E-state index is -0.614. The molecule has 3 N–H and O–H groups in total. The van der Waals surface area contributed by atoms with Gasteiger partial charge in [0.15, 0.2) is 5.69 Å². The Balaban J connectivity index is 1.66. The lowest BCUT2D eigenvalue weighted by molar-refractivity contribution is 0.0950. The van der Waals surface area contributed by atoms with Crippen LogP contribution in [-0.4, -0.2) is 44.0 Å². The lowest BCUT2D eigenvalue weighted by atomic mass is 10.1. The zero-order valence-electron chi connectivity index (χ0n) is 17.1. The predicted molar refractivity (Wildman–Crippen MR) is 122 cm³/mol. The van der Waals surface area contributed by atoms with E-state index >= 15 is 0 Å². The van der Waals surface area contributed by atoms with Crippen LogP contribution in [0.15, 0.2) is 52.2 Å². The van der Waals surface area contributed by atoms with E-state index in [0.717, 1.165) is 0 Å². The first-order valence-electron chi connectivity index (χ1n) is 9.53. The van der Waals surface area contributed by atoms with Crippen LogP contribution in [0.1, 0.15) is 23.0 Å². The number of rotatable bonds is 7. The van der Waals surface area contributed by atoms with Crippen molar-refractivity contribution >= 4 is 41.1 Å². The van der Waals surface area contributed by atoms with Crippen molar-refractivity contribution in [2.75, 3.05) is 12.3 Å². The molecular formula is C20H16Cl2N8O3.